The molecular formula is C11H19N3OS. The van der Waals surface area contributed by atoms with Gasteiger partial charge in [-0.25, -0.2) is 0 Å². The molecule has 1 aromatic rings. The molecule has 1 N–H and O–H groups in total. The van der Waals surface area contributed by atoms with E-state index in [0.29, 0.717) is 10.7 Å². The largest absolute Gasteiger partial charge is 0.367 e. The number of nitrogens with one attached hydrogen (secondary N) is 1. The lowest BCUT2D eigenvalue weighted by Gasteiger charge is -2.23. The van der Waals surface area contributed by atoms with Gasteiger partial charge in [-0.1, -0.05) is 13.8 Å². The molecule has 16 heavy (non-hydrogen) atoms. The Hall–Kier alpha value is -0.680. The fraction of sp³-hybridized carbons (Fsp3) is 0.818. The van der Waals surface area contributed by atoms with Crippen molar-refractivity contribution in [3.05, 3.63) is 10.6 Å². The Morgan fingerprint density at radius 3 is 2.94 bits per heavy atom. The molecule has 1 fully saturated rings. The average Bonchev–Trinajstić information content (AvgIpc) is 2.76. The monoisotopic (exact) mass is 241 g/mol. The zero-order chi connectivity index (χ0) is 11.8. The molecule has 90 valence electrons. The van der Waals surface area contributed by atoms with Crippen LogP contribution in [0.25, 0.3) is 0 Å². The van der Waals surface area contributed by atoms with Crippen molar-refractivity contribution in [2.24, 2.45) is 5.92 Å². The van der Waals surface area contributed by atoms with Crippen LogP contribution in [0.4, 0.5) is 0 Å². The fourth-order valence-corrected chi connectivity index (χ4v) is 2.42. The van der Waals surface area contributed by atoms with Gasteiger partial charge in [0.2, 0.25) is 0 Å². The summed E-state index contributed by atoms with van der Waals surface area (Å²) < 4.78 is 8.58. The molecular weight excluding hydrogens is 222 g/mol. The molecule has 0 saturated carbocycles. The van der Waals surface area contributed by atoms with Crippen LogP contribution in [0.1, 0.15) is 39.4 Å². The van der Waals surface area contributed by atoms with Crippen molar-refractivity contribution in [3.8, 4) is 0 Å². The standard InChI is InChI=1S/C11H19N3OS/c1-8(2)7-14-9(12-13-10(14)16)11(3)5-4-6-15-11/h8H,4-7H2,1-3H3,(H,13,16). The van der Waals surface area contributed by atoms with Crippen LogP contribution in [-0.4, -0.2) is 21.4 Å². The zero-order valence-electron chi connectivity index (χ0n) is 10.1. The van der Waals surface area contributed by atoms with Crippen LogP contribution in [0.2, 0.25) is 0 Å². The number of hydrogen-bond donors (Lipinski definition) is 1. The van der Waals surface area contributed by atoms with Gasteiger partial charge < -0.3 is 9.30 Å². The second-order valence-electron chi connectivity index (χ2n) is 5.04. The summed E-state index contributed by atoms with van der Waals surface area (Å²) in [4.78, 5) is 0. The van der Waals surface area contributed by atoms with Crippen LogP contribution in [0, 0.1) is 10.7 Å². The highest BCUT2D eigenvalue weighted by molar-refractivity contribution is 7.71. The van der Waals surface area contributed by atoms with Crippen LogP contribution in [0.3, 0.4) is 0 Å². The van der Waals surface area contributed by atoms with Crippen molar-refractivity contribution >= 4 is 12.2 Å². The minimum atomic E-state index is -0.261. The molecule has 1 aliphatic rings. The van der Waals surface area contributed by atoms with E-state index >= 15 is 0 Å². The van der Waals surface area contributed by atoms with E-state index in [1.807, 2.05) is 0 Å². The highest BCUT2D eigenvalue weighted by Crippen LogP contribution is 2.34. The summed E-state index contributed by atoms with van der Waals surface area (Å²) in [6.07, 6.45) is 2.11. The quantitative estimate of drug-likeness (QED) is 0.827. The maximum absolute atomic E-state index is 5.81. The number of rotatable bonds is 3. The van der Waals surface area contributed by atoms with E-state index in [4.69, 9.17) is 17.0 Å². The first kappa shape index (κ1) is 11.8. The Morgan fingerprint density at radius 2 is 2.38 bits per heavy atom. The summed E-state index contributed by atoms with van der Waals surface area (Å²) in [6.45, 7) is 8.16. The Morgan fingerprint density at radius 1 is 1.62 bits per heavy atom. The molecule has 1 atom stereocenters. The number of aromatic nitrogens is 3. The van der Waals surface area contributed by atoms with Crippen molar-refractivity contribution in [2.75, 3.05) is 6.61 Å². The van der Waals surface area contributed by atoms with E-state index in [-0.39, 0.29) is 5.60 Å². The normalized spacial score (nSPS) is 25.5. The summed E-state index contributed by atoms with van der Waals surface area (Å²) in [5, 5.41) is 7.22. The summed E-state index contributed by atoms with van der Waals surface area (Å²) in [6, 6.07) is 0. The Labute approximate surface area is 101 Å². The molecule has 0 aromatic carbocycles. The highest BCUT2D eigenvalue weighted by atomic mass is 32.1. The third-order valence-corrected chi connectivity index (χ3v) is 3.31. The highest BCUT2D eigenvalue weighted by Gasteiger charge is 2.36. The SMILES string of the molecule is CC(C)Cn1c(C2(C)CCCO2)n[nH]c1=S. The Bertz CT molecular complexity index is 415. The van der Waals surface area contributed by atoms with Gasteiger partial charge in [0.05, 0.1) is 0 Å². The van der Waals surface area contributed by atoms with Crippen LogP contribution in [0.5, 0.6) is 0 Å². The lowest BCUT2D eigenvalue weighted by Crippen LogP contribution is -2.26. The van der Waals surface area contributed by atoms with Gasteiger partial charge >= 0.3 is 0 Å². The molecule has 0 radical (unpaired) electrons. The van der Waals surface area contributed by atoms with E-state index in [2.05, 4.69) is 35.5 Å². The smallest absolute Gasteiger partial charge is 0.195 e. The molecule has 4 nitrogen and oxygen atoms in total. The third-order valence-electron chi connectivity index (χ3n) is 3.00. The van der Waals surface area contributed by atoms with E-state index < -0.39 is 0 Å². The second kappa shape index (κ2) is 4.30. The van der Waals surface area contributed by atoms with Crippen LogP contribution in [0.15, 0.2) is 0 Å². The van der Waals surface area contributed by atoms with Crippen molar-refractivity contribution in [1.82, 2.24) is 14.8 Å². The molecule has 2 rings (SSSR count). The molecule has 1 saturated heterocycles. The number of ether oxygens (including phenoxy) is 1. The lowest BCUT2D eigenvalue weighted by molar-refractivity contribution is 0.00574. The van der Waals surface area contributed by atoms with Gasteiger partial charge in [-0.3, -0.25) is 5.10 Å². The van der Waals surface area contributed by atoms with Gasteiger partial charge in [0.15, 0.2) is 10.6 Å². The minimum Gasteiger partial charge on any atom is -0.367 e. The van der Waals surface area contributed by atoms with E-state index in [1.54, 1.807) is 0 Å². The predicted octanol–water partition coefficient (Wildman–Crippen LogP) is 2.62. The first-order valence-electron chi connectivity index (χ1n) is 5.82. The molecule has 0 spiro atoms. The van der Waals surface area contributed by atoms with Gasteiger partial charge in [-0.05, 0) is 37.9 Å². The van der Waals surface area contributed by atoms with Gasteiger partial charge in [-0.15, -0.1) is 0 Å². The lowest BCUT2D eigenvalue weighted by atomic mass is 10.0. The first-order chi connectivity index (χ1) is 7.53. The zero-order valence-corrected chi connectivity index (χ0v) is 10.9. The van der Waals surface area contributed by atoms with E-state index in [1.165, 1.54) is 0 Å². The topological polar surface area (TPSA) is 42.8 Å². The Kier molecular flexibility index (Phi) is 3.17. The summed E-state index contributed by atoms with van der Waals surface area (Å²) in [7, 11) is 0. The fourth-order valence-electron chi connectivity index (χ4n) is 2.21. The molecule has 1 aromatic heterocycles. The summed E-state index contributed by atoms with van der Waals surface area (Å²) in [5.41, 5.74) is -0.261. The van der Waals surface area contributed by atoms with Gasteiger partial charge in [0.25, 0.3) is 0 Å². The van der Waals surface area contributed by atoms with Crippen molar-refractivity contribution in [1.29, 1.82) is 0 Å². The maximum atomic E-state index is 5.81. The maximum Gasteiger partial charge on any atom is 0.195 e. The average molecular weight is 241 g/mol. The van der Waals surface area contributed by atoms with Crippen LogP contribution < -0.4 is 0 Å². The van der Waals surface area contributed by atoms with E-state index in [9.17, 15) is 0 Å². The van der Waals surface area contributed by atoms with Gasteiger partial charge in [0.1, 0.15) is 5.60 Å². The van der Waals surface area contributed by atoms with Crippen molar-refractivity contribution in [2.45, 2.75) is 45.8 Å². The number of nitrogens with zero attached hydrogens (tertiary/aromatic N) is 2. The molecule has 2 heterocycles. The molecule has 1 aliphatic heterocycles. The number of hydrogen-bond acceptors (Lipinski definition) is 3. The summed E-state index contributed by atoms with van der Waals surface area (Å²) in [5.74, 6) is 1.50. The number of H-pyrrole nitrogens is 1. The van der Waals surface area contributed by atoms with Gasteiger partial charge in [-0.2, -0.15) is 5.10 Å². The molecule has 1 unspecified atom stereocenters. The minimum absolute atomic E-state index is 0.261. The molecule has 0 aliphatic carbocycles. The van der Waals surface area contributed by atoms with Gasteiger partial charge in [0, 0.05) is 13.2 Å². The summed E-state index contributed by atoms with van der Waals surface area (Å²) >= 11 is 5.27. The molecule has 5 heteroatoms. The van der Waals surface area contributed by atoms with Crippen molar-refractivity contribution < 1.29 is 4.74 Å². The second-order valence-corrected chi connectivity index (χ2v) is 5.43. The van der Waals surface area contributed by atoms with E-state index in [0.717, 1.165) is 31.8 Å². The van der Waals surface area contributed by atoms with Crippen molar-refractivity contribution in [3.63, 3.8) is 0 Å². The molecule has 0 amide bonds. The predicted molar refractivity (Wildman–Crippen MR) is 64.8 cm³/mol. The third kappa shape index (κ3) is 2.06. The number of aromatic amines is 1. The first-order valence-corrected chi connectivity index (χ1v) is 6.23. The van der Waals surface area contributed by atoms with Crippen LogP contribution >= 0.6 is 12.2 Å². The molecule has 0 bridgehead atoms. The van der Waals surface area contributed by atoms with Crippen LogP contribution in [-0.2, 0) is 16.9 Å². The Balaban J connectivity index is 2.37.